The van der Waals surface area contributed by atoms with E-state index in [1.165, 1.54) is 64.7 Å². The molecule has 0 aromatic carbocycles. The van der Waals surface area contributed by atoms with Gasteiger partial charge in [-0.1, -0.05) is 139 Å². The van der Waals surface area contributed by atoms with E-state index in [9.17, 15) is 38.7 Å². The Morgan fingerprint density at radius 2 is 1.08 bits per heavy atom. The van der Waals surface area contributed by atoms with E-state index in [0.29, 0.717) is 51.0 Å². The number of rotatable bonds is 44. The molecule has 0 saturated heterocycles. The highest BCUT2D eigenvalue weighted by Crippen LogP contribution is 2.22. The van der Waals surface area contributed by atoms with E-state index in [2.05, 4.69) is 47.0 Å². The number of nitrogens with zero attached hydrogens (tertiary/aromatic N) is 1. The highest BCUT2D eigenvalue weighted by atomic mass is 16.3. The number of carbonyl (C=O) groups excluding carboxylic acids is 7. The number of nitrogens with two attached hydrogens (primary N) is 3. The molecule has 16 heteroatoms. The summed E-state index contributed by atoms with van der Waals surface area (Å²) in [6.45, 7) is 19.4. The van der Waals surface area contributed by atoms with Crippen LogP contribution in [0.25, 0.3) is 0 Å². The summed E-state index contributed by atoms with van der Waals surface area (Å²) in [6.07, 6.45) is 17.3. The first-order valence-corrected chi connectivity index (χ1v) is 27.8. The van der Waals surface area contributed by atoms with Gasteiger partial charge in [0.2, 0.25) is 23.6 Å². The molecule has 16 nitrogen and oxygen atoms in total. The second kappa shape index (κ2) is 39.6. The molecule has 0 aromatic rings. The van der Waals surface area contributed by atoms with Gasteiger partial charge in [-0.2, -0.15) is 0 Å². The van der Waals surface area contributed by atoms with E-state index in [-0.39, 0.29) is 80.1 Å². The van der Waals surface area contributed by atoms with E-state index in [0.717, 1.165) is 25.7 Å². The molecule has 0 unspecified atom stereocenters. The lowest BCUT2D eigenvalue weighted by atomic mass is 9.86. The molecule has 0 spiro atoms. The summed E-state index contributed by atoms with van der Waals surface area (Å²) < 4.78 is 0. The van der Waals surface area contributed by atoms with Gasteiger partial charge >= 0.3 is 0 Å². The van der Waals surface area contributed by atoms with Crippen LogP contribution in [0.1, 0.15) is 223 Å². The molecule has 0 heterocycles. The molecule has 0 aliphatic carbocycles. The van der Waals surface area contributed by atoms with Crippen molar-refractivity contribution in [2.24, 2.45) is 57.7 Å². The number of aliphatic imine (C=N–C) groups is 1. The minimum Gasteiger partial charge on any atom is -0.391 e. The summed E-state index contributed by atoms with van der Waals surface area (Å²) in [4.78, 5) is 99.8. The van der Waals surface area contributed by atoms with Crippen molar-refractivity contribution < 1.29 is 38.7 Å². The summed E-state index contributed by atoms with van der Waals surface area (Å²) in [6, 6.07) is -3.23. The first kappa shape index (κ1) is 67.1. The minimum absolute atomic E-state index is 0.0205. The molecule has 0 aliphatic rings. The lowest BCUT2D eigenvalue weighted by Gasteiger charge is -2.27. The third-order valence-electron chi connectivity index (χ3n) is 13.3. The number of hydrogen-bond donors (Lipinski definition) is 8. The van der Waals surface area contributed by atoms with Crippen molar-refractivity contribution in [1.29, 1.82) is 0 Å². The molecule has 0 aromatic heterocycles. The lowest BCUT2D eigenvalue weighted by Crippen LogP contribution is -2.51. The fourth-order valence-corrected chi connectivity index (χ4v) is 9.06. The number of aliphatic hydroxyl groups is 1. The maximum Gasteiger partial charge on any atom is 0.224 e. The van der Waals surface area contributed by atoms with Crippen LogP contribution in [0, 0.1) is 35.5 Å². The van der Waals surface area contributed by atoms with Gasteiger partial charge in [0, 0.05) is 56.0 Å². The number of unbranched alkanes of at least 4 members (excludes halogenated alkanes) is 13. The van der Waals surface area contributed by atoms with E-state index in [4.69, 9.17) is 17.2 Å². The molecular weight excluding hydrogens is 901 g/mol. The fraction of sp³-hybridized carbons (Fsp3) is 0.855. The van der Waals surface area contributed by atoms with Crippen LogP contribution in [-0.4, -0.2) is 95.4 Å². The first-order chi connectivity index (χ1) is 33.5. The van der Waals surface area contributed by atoms with E-state index < -0.39 is 65.4 Å². The Morgan fingerprint density at radius 1 is 0.535 bits per heavy atom. The minimum atomic E-state index is -1.31. The lowest BCUT2D eigenvalue weighted by molar-refractivity contribution is -0.137. The number of aliphatic hydroxyl groups excluding tert-OH is 1. The molecule has 71 heavy (non-hydrogen) atoms. The van der Waals surface area contributed by atoms with Gasteiger partial charge in [-0.05, 0) is 83.1 Å². The zero-order valence-electron chi connectivity index (χ0n) is 46.2. The largest absolute Gasteiger partial charge is 0.391 e. The van der Waals surface area contributed by atoms with Crippen LogP contribution >= 0.6 is 0 Å². The number of carbonyl (C=O) groups is 7. The topological polar surface area (TPSA) is 278 Å². The normalized spacial score (nSPS) is 15.0. The quantitative estimate of drug-likeness (QED) is 0.0168. The molecule has 0 fully saturated rings. The van der Waals surface area contributed by atoms with Gasteiger partial charge in [-0.3, -0.25) is 38.6 Å². The van der Waals surface area contributed by atoms with Gasteiger partial charge in [0.15, 0.2) is 23.3 Å². The summed E-state index contributed by atoms with van der Waals surface area (Å²) in [5.74, 6) is -5.25. The van der Waals surface area contributed by atoms with Crippen molar-refractivity contribution in [2.75, 3.05) is 13.1 Å². The molecule has 0 saturated carbocycles. The zero-order chi connectivity index (χ0) is 53.9. The number of guanidine groups is 1. The second-order valence-electron chi connectivity index (χ2n) is 21.8. The Balaban J connectivity index is 5.77. The predicted octanol–water partition coefficient (Wildman–Crippen LogP) is 7.48. The Labute approximate surface area is 429 Å². The average Bonchev–Trinajstić information content (AvgIpc) is 3.28. The van der Waals surface area contributed by atoms with Crippen molar-refractivity contribution >= 4 is 46.9 Å². The van der Waals surface area contributed by atoms with Crippen molar-refractivity contribution in [1.82, 2.24) is 21.3 Å². The Kier molecular flexibility index (Phi) is 37.4. The molecule has 0 rings (SSSR count). The molecule has 412 valence electrons. The van der Waals surface area contributed by atoms with Crippen LogP contribution < -0.4 is 38.5 Å². The summed E-state index contributed by atoms with van der Waals surface area (Å²) >= 11 is 0. The fourth-order valence-electron chi connectivity index (χ4n) is 9.06. The van der Waals surface area contributed by atoms with Gasteiger partial charge in [0.25, 0.3) is 0 Å². The van der Waals surface area contributed by atoms with Crippen LogP contribution in [0.5, 0.6) is 0 Å². The van der Waals surface area contributed by atoms with Gasteiger partial charge in [-0.15, -0.1) is 0 Å². The molecule has 8 atom stereocenters. The molecule has 0 radical (unpaired) electrons. The third-order valence-corrected chi connectivity index (χ3v) is 13.3. The van der Waals surface area contributed by atoms with Gasteiger partial charge in [0.05, 0.1) is 18.2 Å². The molecule has 4 amide bonds. The summed E-state index contributed by atoms with van der Waals surface area (Å²) in [5, 5.41) is 22.2. The third kappa shape index (κ3) is 32.7. The number of ketones is 3. The number of Topliss-reactive ketones (excluding diaryl/α,β-unsaturated/α-hetero) is 3. The van der Waals surface area contributed by atoms with Crippen molar-refractivity contribution in [3.05, 3.63) is 0 Å². The first-order valence-electron chi connectivity index (χ1n) is 27.8. The van der Waals surface area contributed by atoms with Crippen molar-refractivity contribution in [2.45, 2.75) is 254 Å². The number of amides is 4. The Hall–Kier alpha value is -3.92. The smallest absolute Gasteiger partial charge is 0.224 e. The van der Waals surface area contributed by atoms with Crippen LogP contribution in [0.15, 0.2) is 4.99 Å². The van der Waals surface area contributed by atoms with Crippen molar-refractivity contribution in [3.8, 4) is 0 Å². The van der Waals surface area contributed by atoms with Gasteiger partial charge in [0.1, 0.15) is 6.04 Å². The van der Waals surface area contributed by atoms with Gasteiger partial charge in [-0.25, -0.2) is 0 Å². The monoisotopic (exact) mass is 1000 g/mol. The van der Waals surface area contributed by atoms with E-state index in [1.54, 1.807) is 6.92 Å². The van der Waals surface area contributed by atoms with Gasteiger partial charge < -0.3 is 43.6 Å². The highest BCUT2D eigenvalue weighted by Gasteiger charge is 2.35. The summed E-state index contributed by atoms with van der Waals surface area (Å²) in [5.41, 5.74) is 16.7. The van der Waals surface area contributed by atoms with E-state index in [1.807, 2.05) is 34.6 Å². The molecule has 0 bridgehead atoms. The Bertz CT molecular complexity index is 1570. The van der Waals surface area contributed by atoms with Crippen LogP contribution in [0.3, 0.4) is 0 Å². The Morgan fingerprint density at radius 3 is 1.59 bits per heavy atom. The molecule has 11 N–H and O–H groups in total. The van der Waals surface area contributed by atoms with Crippen LogP contribution in [0.4, 0.5) is 0 Å². The molecular formula is C55H104N8O8. The van der Waals surface area contributed by atoms with Crippen LogP contribution in [-0.2, 0) is 33.6 Å². The maximum atomic E-state index is 14.1. The number of nitrogens with one attached hydrogen (secondary N) is 4. The zero-order valence-corrected chi connectivity index (χ0v) is 46.2. The van der Waals surface area contributed by atoms with Crippen LogP contribution in [0.2, 0.25) is 0 Å². The predicted molar refractivity (Wildman–Crippen MR) is 287 cm³/mol. The summed E-state index contributed by atoms with van der Waals surface area (Å²) in [7, 11) is 0. The SMILES string of the molecule is CCCCCCCCCCCCCCCC(=O)N[C@@H](CCCN=C(N)N)C(=O)C[C@H](C(=O)N[C@@H](CC(C)C)C(=O)C[C@@H](C)C(=O)N[C@H](C(=O)C[C@@H](CCCCN)C(=O)N[C@H](C)CC(C)C)[C@@H](C)O)C(C)C. The standard InChI is InChI=1S/C55H104N8O8/c1-11-12-13-14-15-16-17-18-19-20-21-22-23-29-50(68)61-45(28-26-31-59-55(57)58)48(66)36-44(39(6)7)54(71)62-46(33-38(4)5)47(65)34-40(8)52(69)63-51(42(10)64)49(67)35-43(27-24-25-30-56)53(70)60-41(9)32-37(2)3/h37-46,51,64H,11-36,56H2,1-10H3,(H,60,70)(H,61,68)(H,62,71)(H,63,69)(H4,57,58,59)/t40-,41-,42-,43-,44+,45+,46+,51+/m1/s1. The van der Waals surface area contributed by atoms with Crippen molar-refractivity contribution in [3.63, 3.8) is 0 Å². The highest BCUT2D eigenvalue weighted by molar-refractivity contribution is 5.97. The molecule has 0 aliphatic heterocycles. The maximum absolute atomic E-state index is 14.1. The van der Waals surface area contributed by atoms with E-state index >= 15 is 0 Å². The number of hydrogen-bond acceptors (Lipinski definition) is 10. The second-order valence-corrected chi connectivity index (χ2v) is 21.8. The average molecular weight is 1010 g/mol.